The van der Waals surface area contributed by atoms with Crippen molar-refractivity contribution in [1.82, 2.24) is 0 Å². The van der Waals surface area contributed by atoms with E-state index in [-0.39, 0.29) is 32.1 Å². The molecule has 166 valence electrons. The van der Waals surface area contributed by atoms with E-state index in [1.165, 1.54) is 24.3 Å². The average Bonchev–Trinajstić information content (AvgIpc) is 2.96. The Hall–Kier alpha value is -2.71. The van der Waals surface area contributed by atoms with Crippen LogP contribution in [-0.4, -0.2) is 30.1 Å². The van der Waals surface area contributed by atoms with Crippen molar-refractivity contribution in [2.45, 2.75) is 46.8 Å². The van der Waals surface area contributed by atoms with E-state index >= 15 is 0 Å². The number of hydrogen-bond acceptors (Lipinski definition) is 6. The second kappa shape index (κ2) is 10.5. The van der Waals surface area contributed by atoms with Gasteiger partial charge in [0.2, 0.25) is 5.91 Å². The zero-order chi connectivity index (χ0) is 23.3. The number of esters is 2. The van der Waals surface area contributed by atoms with Gasteiger partial charge in [0.1, 0.15) is 15.7 Å². The van der Waals surface area contributed by atoms with Gasteiger partial charge >= 0.3 is 11.9 Å². The van der Waals surface area contributed by atoms with Crippen molar-refractivity contribution < 1.29 is 28.2 Å². The maximum absolute atomic E-state index is 13.9. The van der Waals surface area contributed by atoms with Gasteiger partial charge in [0.25, 0.3) is 0 Å². The molecule has 0 spiro atoms. The van der Waals surface area contributed by atoms with Crippen molar-refractivity contribution in [2.24, 2.45) is 0 Å². The van der Waals surface area contributed by atoms with Crippen LogP contribution in [0.5, 0.6) is 0 Å². The number of thiophene rings is 1. The summed E-state index contributed by atoms with van der Waals surface area (Å²) in [6, 6.07) is 4.17. The molecule has 0 radical (unpaired) electrons. The molecule has 2 aromatic rings. The Bertz CT molecular complexity index is 1010. The minimum Gasteiger partial charge on any atom is -0.459 e. The molecular weight excluding hydrogens is 445 g/mol. The van der Waals surface area contributed by atoms with E-state index < -0.39 is 29.8 Å². The first-order valence-corrected chi connectivity index (χ1v) is 10.7. The molecule has 0 unspecified atom stereocenters. The topological polar surface area (TPSA) is 81.7 Å². The van der Waals surface area contributed by atoms with E-state index in [2.05, 4.69) is 5.32 Å². The lowest BCUT2D eigenvalue weighted by atomic mass is 10.1. The highest BCUT2D eigenvalue weighted by molar-refractivity contribution is 7.18. The standard InChI is InChI=1S/C22H23ClFNO5S/c1-11(2)29-21(27)18-13(5)19(22(28)30-12(3)4)31-20(18)25-17(26)10-9-14-15(23)7-6-8-16(14)24/h6-12H,1-5H3,(H,25,26)/b10-9+. The lowest BCUT2D eigenvalue weighted by Gasteiger charge is -2.10. The second-order valence-corrected chi connectivity index (χ2v) is 8.55. The Morgan fingerprint density at radius 1 is 1.10 bits per heavy atom. The van der Waals surface area contributed by atoms with Crippen LogP contribution in [0.1, 0.15) is 58.9 Å². The molecule has 31 heavy (non-hydrogen) atoms. The third-order valence-corrected chi connectivity index (χ3v) is 5.38. The fraction of sp³-hybridized carbons (Fsp3) is 0.318. The Morgan fingerprint density at radius 3 is 2.29 bits per heavy atom. The lowest BCUT2D eigenvalue weighted by Crippen LogP contribution is -2.16. The van der Waals surface area contributed by atoms with E-state index in [0.29, 0.717) is 5.56 Å². The van der Waals surface area contributed by atoms with Crippen LogP contribution in [0.25, 0.3) is 6.08 Å². The maximum Gasteiger partial charge on any atom is 0.348 e. The number of rotatable bonds is 7. The molecule has 1 amide bonds. The van der Waals surface area contributed by atoms with Crippen LogP contribution >= 0.6 is 22.9 Å². The number of nitrogens with one attached hydrogen (secondary N) is 1. The molecule has 0 aliphatic heterocycles. The van der Waals surface area contributed by atoms with Gasteiger partial charge in [-0.05, 0) is 58.4 Å². The molecule has 2 rings (SSSR count). The van der Waals surface area contributed by atoms with E-state index in [1.807, 2.05) is 0 Å². The first kappa shape index (κ1) is 24.6. The van der Waals surface area contributed by atoms with Crippen molar-refractivity contribution in [2.75, 3.05) is 5.32 Å². The molecule has 0 aliphatic rings. The number of carbonyl (C=O) groups excluding carboxylic acids is 3. The van der Waals surface area contributed by atoms with Gasteiger partial charge in [-0.15, -0.1) is 11.3 Å². The predicted octanol–water partition coefficient (Wildman–Crippen LogP) is 5.63. The van der Waals surface area contributed by atoms with Crippen molar-refractivity contribution in [3.8, 4) is 0 Å². The largest absolute Gasteiger partial charge is 0.459 e. The summed E-state index contributed by atoms with van der Waals surface area (Å²) in [5, 5.41) is 2.84. The number of halogens is 2. The lowest BCUT2D eigenvalue weighted by molar-refractivity contribution is -0.111. The van der Waals surface area contributed by atoms with Gasteiger partial charge in [-0.25, -0.2) is 14.0 Å². The molecular formula is C22H23ClFNO5S. The van der Waals surface area contributed by atoms with Crippen molar-refractivity contribution in [1.29, 1.82) is 0 Å². The van der Waals surface area contributed by atoms with E-state index in [1.54, 1.807) is 34.6 Å². The minimum absolute atomic E-state index is 0.0577. The molecule has 0 fully saturated rings. The van der Waals surface area contributed by atoms with Crippen molar-refractivity contribution in [3.05, 3.63) is 56.7 Å². The summed E-state index contributed by atoms with van der Waals surface area (Å²) in [5.41, 5.74) is 0.472. The monoisotopic (exact) mass is 467 g/mol. The van der Waals surface area contributed by atoms with Gasteiger partial charge < -0.3 is 14.8 Å². The summed E-state index contributed by atoms with van der Waals surface area (Å²) < 4.78 is 24.4. The molecule has 1 heterocycles. The van der Waals surface area contributed by atoms with Gasteiger partial charge in [-0.1, -0.05) is 17.7 Å². The Morgan fingerprint density at radius 2 is 1.71 bits per heavy atom. The smallest absolute Gasteiger partial charge is 0.348 e. The number of anilines is 1. The molecule has 0 saturated carbocycles. The van der Waals surface area contributed by atoms with E-state index in [4.69, 9.17) is 21.1 Å². The molecule has 1 N–H and O–H groups in total. The third-order valence-electron chi connectivity index (χ3n) is 3.86. The fourth-order valence-electron chi connectivity index (χ4n) is 2.57. The van der Waals surface area contributed by atoms with Crippen LogP contribution in [0.2, 0.25) is 5.02 Å². The number of carbonyl (C=O) groups is 3. The van der Waals surface area contributed by atoms with Crippen LogP contribution in [-0.2, 0) is 14.3 Å². The van der Waals surface area contributed by atoms with Crippen LogP contribution in [0.15, 0.2) is 24.3 Å². The Labute approximate surface area is 189 Å². The second-order valence-electron chi connectivity index (χ2n) is 7.13. The highest BCUT2D eigenvalue weighted by atomic mass is 35.5. The SMILES string of the molecule is Cc1c(C(=O)OC(C)C)sc(NC(=O)/C=C/c2c(F)cccc2Cl)c1C(=O)OC(C)C. The first-order valence-electron chi connectivity index (χ1n) is 9.49. The molecule has 1 aromatic carbocycles. The first-order chi connectivity index (χ1) is 14.5. The minimum atomic E-state index is -0.677. The van der Waals surface area contributed by atoms with Crippen LogP contribution in [0, 0.1) is 12.7 Å². The highest BCUT2D eigenvalue weighted by Gasteiger charge is 2.28. The van der Waals surface area contributed by atoms with Gasteiger partial charge in [-0.3, -0.25) is 4.79 Å². The number of ether oxygens (including phenoxy) is 2. The predicted molar refractivity (Wildman–Crippen MR) is 119 cm³/mol. The summed E-state index contributed by atoms with van der Waals surface area (Å²) in [6.45, 7) is 8.36. The fourth-order valence-corrected chi connectivity index (χ4v) is 3.87. The average molecular weight is 468 g/mol. The van der Waals surface area contributed by atoms with E-state index in [0.717, 1.165) is 17.4 Å². The van der Waals surface area contributed by atoms with Crippen LogP contribution in [0.4, 0.5) is 9.39 Å². The summed E-state index contributed by atoms with van der Waals surface area (Å²) in [4.78, 5) is 37.6. The Kier molecular flexibility index (Phi) is 8.36. The molecule has 9 heteroatoms. The number of benzene rings is 1. The molecule has 0 atom stereocenters. The zero-order valence-corrected chi connectivity index (χ0v) is 19.3. The summed E-state index contributed by atoms with van der Waals surface area (Å²) in [6.07, 6.45) is 1.56. The third kappa shape index (κ3) is 6.38. The molecule has 0 bridgehead atoms. The molecule has 0 aliphatic carbocycles. The van der Waals surface area contributed by atoms with Gasteiger partial charge in [0.05, 0.1) is 22.8 Å². The van der Waals surface area contributed by atoms with Crippen molar-refractivity contribution in [3.63, 3.8) is 0 Å². The summed E-state index contributed by atoms with van der Waals surface area (Å²) >= 11 is 6.86. The van der Waals surface area contributed by atoms with Crippen molar-refractivity contribution >= 4 is 51.9 Å². The highest BCUT2D eigenvalue weighted by Crippen LogP contribution is 2.35. The van der Waals surface area contributed by atoms with Gasteiger partial charge in [0, 0.05) is 11.6 Å². The van der Waals surface area contributed by atoms with Gasteiger partial charge in [0.15, 0.2) is 0 Å². The number of amides is 1. The number of hydrogen-bond donors (Lipinski definition) is 1. The van der Waals surface area contributed by atoms with Gasteiger partial charge in [-0.2, -0.15) is 0 Å². The molecule has 6 nitrogen and oxygen atoms in total. The molecule has 0 saturated heterocycles. The molecule has 1 aromatic heterocycles. The summed E-state index contributed by atoms with van der Waals surface area (Å²) in [5.74, 6) is -2.50. The quantitative estimate of drug-likeness (QED) is 0.421. The van der Waals surface area contributed by atoms with E-state index in [9.17, 15) is 18.8 Å². The van der Waals surface area contributed by atoms with Crippen LogP contribution in [0.3, 0.4) is 0 Å². The summed E-state index contributed by atoms with van der Waals surface area (Å²) in [7, 11) is 0. The maximum atomic E-state index is 13.9. The zero-order valence-electron chi connectivity index (χ0n) is 17.7. The normalized spacial score (nSPS) is 11.3. The Balaban J connectivity index is 2.37. The van der Waals surface area contributed by atoms with Crippen LogP contribution < -0.4 is 5.32 Å².